The Morgan fingerprint density at radius 2 is 1.53 bits per heavy atom. The molecular formula is C25H17Cl3N2O4. The molecule has 0 spiro atoms. The molecule has 0 atom stereocenters. The van der Waals surface area contributed by atoms with Gasteiger partial charge in [-0.1, -0.05) is 64.6 Å². The first-order valence-corrected chi connectivity index (χ1v) is 11.2. The zero-order valence-corrected chi connectivity index (χ0v) is 20.0. The third-order valence-electron chi connectivity index (χ3n) is 5.02. The van der Waals surface area contributed by atoms with Gasteiger partial charge in [0, 0.05) is 5.02 Å². The Labute approximate surface area is 210 Å². The number of nitrogens with zero attached hydrogens (tertiary/aromatic N) is 1. The maximum Gasteiger partial charge on any atom is 0.335 e. The van der Waals surface area contributed by atoms with Crippen molar-refractivity contribution >= 4 is 64.4 Å². The highest BCUT2D eigenvalue weighted by molar-refractivity contribution is 6.40. The van der Waals surface area contributed by atoms with Crippen molar-refractivity contribution in [3.63, 3.8) is 0 Å². The molecule has 0 unspecified atom stereocenters. The minimum atomic E-state index is -0.856. The van der Waals surface area contributed by atoms with Gasteiger partial charge < -0.3 is 4.74 Å². The second-order valence-corrected chi connectivity index (χ2v) is 8.77. The fourth-order valence-electron chi connectivity index (χ4n) is 3.29. The molecule has 1 aliphatic rings. The van der Waals surface area contributed by atoms with Gasteiger partial charge in [-0.25, -0.2) is 9.69 Å². The van der Waals surface area contributed by atoms with E-state index in [0.717, 1.165) is 16.0 Å². The second-order valence-electron chi connectivity index (χ2n) is 7.52. The lowest BCUT2D eigenvalue weighted by atomic mass is 10.1. The molecule has 3 aromatic rings. The van der Waals surface area contributed by atoms with E-state index in [0.29, 0.717) is 10.6 Å². The molecule has 1 fully saturated rings. The quantitative estimate of drug-likeness (QED) is 0.324. The molecule has 4 rings (SSSR count). The summed E-state index contributed by atoms with van der Waals surface area (Å²) in [7, 11) is 0. The Morgan fingerprint density at radius 1 is 0.912 bits per heavy atom. The van der Waals surface area contributed by atoms with Gasteiger partial charge in [-0.05, 0) is 60.5 Å². The van der Waals surface area contributed by atoms with Crippen LogP contribution in [-0.2, 0) is 16.2 Å². The number of hydrogen-bond acceptors (Lipinski definition) is 4. The van der Waals surface area contributed by atoms with Crippen LogP contribution in [0.15, 0.2) is 66.2 Å². The van der Waals surface area contributed by atoms with E-state index in [1.807, 2.05) is 31.2 Å². The molecular weight excluding hydrogens is 499 g/mol. The number of amides is 4. The minimum Gasteiger partial charge on any atom is -0.486 e. The van der Waals surface area contributed by atoms with Crippen molar-refractivity contribution in [2.45, 2.75) is 13.5 Å². The number of rotatable bonds is 5. The van der Waals surface area contributed by atoms with Crippen molar-refractivity contribution < 1.29 is 19.1 Å². The van der Waals surface area contributed by atoms with Crippen LogP contribution in [0.2, 0.25) is 15.1 Å². The number of halogens is 3. The predicted molar refractivity (Wildman–Crippen MR) is 132 cm³/mol. The summed E-state index contributed by atoms with van der Waals surface area (Å²) in [6.07, 6.45) is 1.31. The summed E-state index contributed by atoms with van der Waals surface area (Å²) in [5.41, 5.74) is 2.48. The molecule has 6 nitrogen and oxygen atoms in total. The van der Waals surface area contributed by atoms with Crippen molar-refractivity contribution in [1.82, 2.24) is 5.32 Å². The van der Waals surface area contributed by atoms with Crippen molar-refractivity contribution in [2.24, 2.45) is 0 Å². The Hall–Kier alpha value is -3.32. The summed E-state index contributed by atoms with van der Waals surface area (Å²) in [6.45, 7) is 2.26. The fourth-order valence-corrected chi connectivity index (χ4v) is 4.03. The summed E-state index contributed by atoms with van der Waals surface area (Å²) in [5, 5.41) is 3.02. The molecule has 0 aromatic heterocycles. The van der Waals surface area contributed by atoms with E-state index in [-0.39, 0.29) is 33.7 Å². The molecule has 34 heavy (non-hydrogen) atoms. The van der Waals surface area contributed by atoms with Crippen molar-refractivity contribution in [1.29, 1.82) is 0 Å². The van der Waals surface area contributed by atoms with Crippen molar-refractivity contribution in [2.75, 3.05) is 4.90 Å². The lowest BCUT2D eigenvalue weighted by molar-refractivity contribution is -0.122. The van der Waals surface area contributed by atoms with Crippen molar-refractivity contribution in [3.8, 4) is 5.75 Å². The van der Waals surface area contributed by atoms with E-state index in [4.69, 9.17) is 39.5 Å². The van der Waals surface area contributed by atoms with Gasteiger partial charge >= 0.3 is 6.03 Å². The molecule has 0 aliphatic carbocycles. The zero-order chi connectivity index (χ0) is 24.4. The molecule has 0 radical (unpaired) electrons. The average molecular weight is 516 g/mol. The lowest BCUT2D eigenvalue weighted by Gasteiger charge is -2.26. The highest BCUT2D eigenvalue weighted by Gasteiger charge is 2.36. The van der Waals surface area contributed by atoms with E-state index in [9.17, 15) is 14.4 Å². The maximum atomic E-state index is 13.0. The zero-order valence-electron chi connectivity index (χ0n) is 17.8. The topological polar surface area (TPSA) is 75.7 Å². The van der Waals surface area contributed by atoms with E-state index in [2.05, 4.69) is 5.32 Å². The van der Waals surface area contributed by atoms with Gasteiger partial charge in [-0.3, -0.25) is 14.9 Å². The van der Waals surface area contributed by atoms with E-state index in [1.54, 1.807) is 0 Å². The van der Waals surface area contributed by atoms with Crippen LogP contribution in [0, 0.1) is 6.92 Å². The van der Waals surface area contributed by atoms with Gasteiger partial charge in [0.05, 0.1) is 15.7 Å². The van der Waals surface area contributed by atoms with Crippen LogP contribution in [0.25, 0.3) is 6.08 Å². The number of anilines is 1. The van der Waals surface area contributed by atoms with Crippen LogP contribution in [-0.4, -0.2) is 17.8 Å². The van der Waals surface area contributed by atoms with E-state index in [1.165, 1.54) is 42.5 Å². The number of aryl methyl sites for hydroxylation is 1. The van der Waals surface area contributed by atoms with Gasteiger partial charge in [-0.2, -0.15) is 0 Å². The molecule has 1 N–H and O–H groups in total. The summed E-state index contributed by atoms with van der Waals surface area (Å²) in [5.74, 6) is -1.33. The Bertz CT molecular complexity index is 1300. The predicted octanol–water partition coefficient (Wildman–Crippen LogP) is 6.20. The number of carbonyl (C=O) groups is 3. The van der Waals surface area contributed by atoms with E-state index >= 15 is 0 Å². The highest BCUT2D eigenvalue weighted by Crippen LogP contribution is 2.36. The summed E-state index contributed by atoms with van der Waals surface area (Å²) >= 11 is 18.6. The van der Waals surface area contributed by atoms with Crippen LogP contribution in [0.4, 0.5) is 10.5 Å². The fraction of sp³-hybridized carbons (Fsp3) is 0.0800. The summed E-state index contributed by atoms with van der Waals surface area (Å²) in [4.78, 5) is 38.6. The van der Waals surface area contributed by atoms with Gasteiger partial charge in [0.1, 0.15) is 12.2 Å². The molecule has 1 heterocycles. The van der Waals surface area contributed by atoms with E-state index < -0.39 is 17.8 Å². The number of carbonyl (C=O) groups excluding carboxylic acids is 3. The first kappa shape index (κ1) is 23.8. The SMILES string of the molecule is Cc1ccc(COc2c(Cl)cc(/C=C3\C(=O)NC(=O)N(c4ccc(Cl)cc4)C3=O)cc2Cl)cc1. The van der Waals surface area contributed by atoms with Gasteiger partial charge in [0.15, 0.2) is 5.75 Å². The number of urea groups is 1. The van der Waals surface area contributed by atoms with Gasteiger partial charge in [0.25, 0.3) is 11.8 Å². The Morgan fingerprint density at radius 3 is 2.15 bits per heavy atom. The number of hydrogen-bond donors (Lipinski definition) is 1. The number of ether oxygens (including phenoxy) is 1. The minimum absolute atomic E-state index is 0.209. The standard InChI is InChI=1S/C25H17Cl3N2O4/c1-14-2-4-15(5-3-14)13-34-22-20(27)11-16(12-21(22)28)10-19-23(31)29-25(33)30(24(19)32)18-8-6-17(26)7-9-18/h2-12H,13H2,1H3,(H,29,31,33)/b19-10+. The highest BCUT2D eigenvalue weighted by atomic mass is 35.5. The monoisotopic (exact) mass is 514 g/mol. The smallest absolute Gasteiger partial charge is 0.335 e. The molecule has 172 valence electrons. The largest absolute Gasteiger partial charge is 0.486 e. The molecule has 0 saturated carbocycles. The second kappa shape index (κ2) is 9.89. The average Bonchev–Trinajstić information content (AvgIpc) is 2.78. The molecule has 9 heteroatoms. The third-order valence-corrected chi connectivity index (χ3v) is 5.84. The lowest BCUT2D eigenvalue weighted by Crippen LogP contribution is -2.54. The number of imide groups is 2. The summed E-state index contributed by atoms with van der Waals surface area (Å²) in [6, 6.07) is 16.1. The Balaban J connectivity index is 1.60. The first-order valence-electron chi connectivity index (χ1n) is 10.1. The van der Waals surface area contributed by atoms with Crippen LogP contribution < -0.4 is 15.0 Å². The molecule has 0 bridgehead atoms. The van der Waals surface area contributed by atoms with Gasteiger partial charge in [-0.15, -0.1) is 0 Å². The molecule has 3 aromatic carbocycles. The van der Waals surface area contributed by atoms with Gasteiger partial charge in [0.2, 0.25) is 0 Å². The molecule has 4 amide bonds. The number of barbiturate groups is 1. The van der Waals surface area contributed by atoms with Crippen LogP contribution in [0.5, 0.6) is 5.75 Å². The number of nitrogens with one attached hydrogen (secondary N) is 1. The van der Waals surface area contributed by atoms with Crippen molar-refractivity contribution in [3.05, 3.63) is 98.0 Å². The van der Waals surface area contributed by atoms with Crippen LogP contribution in [0.1, 0.15) is 16.7 Å². The summed E-state index contributed by atoms with van der Waals surface area (Å²) < 4.78 is 5.78. The molecule has 1 saturated heterocycles. The molecule has 1 aliphatic heterocycles. The van der Waals surface area contributed by atoms with Crippen LogP contribution in [0.3, 0.4) is 0 Å². The first-order chi connectivity index (χ1) is 16.2. The maximum absolute atomic E-state index is 13.0. The van der Waals surface area contributed by atoms with Crippen LogP contribution >= 0.6 is 34.8 Å². The Kier molecular flexibility index (Phi) is 6.93. The number of benzene rings is 3. The third kappa shape index (κ3) is 5.09. The normalized spacial score (nSPS) is 15.0.